The van der Waals surface area contributed by atoms with Gasteiger partial charge in [0.2, 0.25) is 17.7 Å². The Hall–Kier alpha value is -2.24. The third kappa shape index (κ3) is 3.45. The molecular weight excluding hydrogens is 359 g/mol. The van der Waals surface area contributed by atoms with Crippen LogP contribution in [0.1, 0.15) is 52.5 Å². The summed E-state index contributed by atoms with van der Waals surface area (Å²) in [7, 11) is 0. The van der Waals surface area contributed by atoms with Gasteiger partial charge in [0.1, 0.15) is 12.4 Å². The largest absolute Gasteiger partial charge is 0.352 e. The average molecular weight is 388 g/mol. The number of carbonyl (C=O) groups excluding carboxylic acids is 3. The summed E-state index contributed by atoms with van der Waals surface area (Å²) in [6, 6.07) is 6.18. The minimum atomic E-state index is -0.597. The molecular formula is C22H29FN2O3. The van der Waals surface area contributed by atoms with Crippen LogP contribution in [0.5, 0.6) is 0 Å². The summed E-state index contributed by atoms with van der Waals surface area (Å²) in [4.78, 5) is 39.4. The fourth-order valence-electron chi connectivity index (χ4n) is 4.62. The van der Waals surface area contributed by atoms with E-state index in [0.717, 1.165) is 10.5 Å². The maximum atomic E-state index is 13.0. The smallest absolute Gasteiger partial charge is 0.240 e. The molecule has 5 nitrogen and oxygen atoms in total. The number of hydrogen-bond acceptors (Lipinski definition) is 3. The maximum Gasteiger partial charge on any atom is 0.240 e. The Morgan fingerprint density at radius 3 is 2.54 bits per heavy atom. The molecule has 1 aromatic rings. The van der Waals surface area contributed by atoms with E-state index >= 15 is 0 Å². The number of nitrogens with zero attached hydrogens (tertiary/aromatic N) is 1. The second-order valence-electron chi connectivity index (χ2n) is 9.01. The first-order valence-corrected chi connectivity index (χ1v) is 9.96. The molecule has 28 heavy (non-hydrogen) atoms. The number of nitrogens with one attached hydrogen (secondary N) is 1. The summed E-state index contributed by atoms with van der Waals surface area (Å²) in [5.41, 5.74) is 0.0204. The third-order valence-electron chi connectivity index (χ3n) is 7.00. The van der Waals surface area contributed by atoms with Crippen molar-refractivity contribution >= 4 is 17.7 Å². The van der Waals surface area contributed by atoms with E-state index in [-0.39, 0.29) is 47.5 Å². The number of hydrogen-bond donors (Lipinski definition) is 1. The summed E-state index contributed by atoms with van der Waals surface area (Å²) in [5.74, 6) is -1.26. The number of benzene rings is 1. The minimum absolute atomic E-state index is 0.115. The van der Waals surface area contributed by atoms with Crippen LogP contribution in [0.15, 0.2) is 24.3 Å². The number of likely N-dealkylation sites (tertiary alicyclic amines) is 1. The Bertz CT molecular complexity index is 789. The molecule has 6 heteroatoms. The minimum Gasteiger partial charge on any atom is -0.352 e. The molecule has 0 unspecified atom stereocenters. The van der Waals surface area contributed by atoms with E-state index in [1.807, 2.05) is 27.7 Å². The highest BCUT2D eigenvalue weighted by atomic mass is 19.1. The van der Waals surface area contributed by atoms with Crippen molar-refractivity contribution in [2.45, 2.75) is 59.4 Å². The number of rotatable bonds is 6. The van der Waals surface area contributed by atoms with Gasteiger partial charge in [-0.15, -0.1) is 0 Å². The molecule has 1 aliphatic heterocycles. The van der Waals surface area contributed by atoms with Gasteiger partial charge in [-0.25, -0.2) is 4.39 Å². The van der Waals surface area contributed by atoms with Crippen LogP contribution in [-0.4, -0.2) is 35.2 Å². The number of piperidine rings is 1. The summed E-state index contributed by atoms with van der Waals surface area (Å²) in [6.07, 6.45) is 2.77. The molecule has 2 fully saturated rings. The number of fused-ring (bicyclic) bond motifs is 2. The van der Waals surface area contributed by atoms with Crippen molar-refractivity contribution < 1.29 is 18.8 Å². The summed E-state index contributed by atoms with van der Waals surface area (Å²) in [6.45, 7) is 7.54. The summed E-state index contributed by atoms with van der Waals surface area (Å²) >= 11 is 0. The number of amides is 3. The summed E-state index contributed by atoms with van der Waals surface area (Å²) in [5, 5.41) is 2.87. The van der Waals surface area contributed by atoms with Gasteiger partial charge in [-0.2, -0.15) is 0 Å². The average Bonchev–Trinajstić information content (AvgIpc) is 2.82. The molecule has 1 N–H and O–H groups in total. The van der Waals surface area contributed by atoms with Crippen LogP contribution in [0.4, 0.5) is 4.39 Å². The number of halogens is 1. The van der Waals surface area contributed by atoms with Gasteiger partial charge in [0, 0.05) is 12.0 Å². The van der Waals surface area contributed by atoms with Crippen LogP contribution in [0, 0.1) is 22.6 Å². The molecule has 0 spiro atoms. The van der Waals surface area contributed by atoms with Gasteiger partial charge in [-0.1, -0.05) is 32.9 Å². The molecule has 3 rings (SSSR count). The van der Waals surface area contributed by atoms with Crippen LogP contribution in [0.3, 0.4) is 0 Å². The zero-order valence-corrected chi connectivity index (χ0v) is 17.0. The van der Waals surface area contributed by atoms with E-state index in [9.17, 15) is 18.8 Å². The van der Waals surface area contributed by atoms with Crippen LogP contribution in [0.25, 0.3) is 0 Å². The van der Waals surface area contributed by atoms with E-state index in [2.05, 4.69) is 5.32 Å². The van der Waals surface area contributed by atoms with Gasteiger partial charge in [0.15, 0.2) is 0 Å². The molecule has 152 valence electrons. The summed E-state index contributed by atoms with van der Waals surface area (Å²) < 4.78 is 13.0. The van der Waals surface area contributed by atoms with E-state index in [4.69, 9.17) is 0 Å². The van der Waals surface area contributed by atoms with Gasteiger partial charge in [0.05, 0.1) is 5.41 Å². The van der Waals surface area contributed by atoms with Gasteiger partial charge < -0.3 is 5.32 Å². The third-order valence-corrected chi connectivity index (χ3v) is 7.00. The SMILES string of the molecule is C[C@@H](CCc1ccc(F)cc1)NC(=O)CN1C(=O)[C@H]2CC[C@@](C)(C1=O)C2(C)C. The first-order chi connectivity index (χ1) is 13.1. The molecule has 1 saturated heterocycles. The highest BCUT2D eigenvalue weighted by Crippen LogP contribution is 2.59. The Morgan fingerprint density at radius 2 is 1.89 bits per heavy atom. The Balaban J connectivity index is 1.56. The lowest BCUT2D eigenvalue weighted by Gasteiger charge is -2.47. The first-order valence-electron chi connectivity index (χ1n) is 9.96. The molecule has 0 radical (unpaired) electrons. The highest BCUT2D eigenvalue weighted by Gasteiger charge is 2.64. The lowest BCUT2D eigenvalue weighted by Crippen LogP contribution is -2.60. The van der Waals surface area contributed by atoms with Gasteiger partial charge in [-0.3, -0.25) is 19.3 Å². The standard InChI is InChI=1S/C22H29FN2O3/c1-14(5-6-15-7-9-16(23)10-8-15)24-18(26)13-25-19(27)17-11-12-22(4,20(25)28)21(17,2)3/h7-10,14,17H,5-6,11-13H2,1-4H3,(H,24,26)/t14-,17+,22-/m0/s1. The van der Waals surface area contributed by atoms with Crippen molar-refractivity contribution in [3.05, 3.63) is 35.6 Å². The molecule has 3 atom stereocenters. The van der Waals surface area contributed by atoms with Crippen LogP contribution < -0.4 is 5.32 Å². The second-order valence-corrected chi connectivity index (χ2v) is 9.01. The van der Waals surface area contributed by atoms with Gasteiger partial charge in [0.25, 0.3) is 0 Å². The molecule has 1 aromatic carbocycles. The number of aryl methyl sites for hydroxylation is 1. The van der Waals surface area contributed by atoms with E-state index < -0.39 is 5.41 Å². The molecule has 3 amide bonds. The molecule has 0 aromatic heterocycles. The van der Waals surface area contributed by atoms with Gasteiger partial charge in [-0.05, 0) is 55.7 Å². The normalized spacial score (nSPS) is 27.0. The predicted octanol–water partition coefficient (Wildman–Crippen LogP) is 3.07. The van der Waals surface area contributed by atoms with E-state index in [1.165, 1.54) is 12.1 Å². The molecule has 2 aliphatic rings. The monoisotopic (exact) mass is 388 g/mol. The van der Waals surface area contributed by atoms with Crippen molar-refractivity contribution in [2.75, 3.05) is 6.54 Å². The van der Waals surface area contributed by atoms with Crippen molar-refractivity contribution in [3.63, 3.8) is 0 Å². The van der Waals surface area contributed by atoms with Crippen LogP contribution in [-0.2, 0) is 20.8 Å². The second kappa shape index (κ2) is 7.30. The number of carbonyl (C=O) groups is 3. The van der Waals surface area contributed by atoms with Crippen molar-refractivity contribution in [1.29, 1.82) is 0 Å². The lowest BCUT2D eigenvalue weighted by molar-refractivity contribution is -0.169. The molecule has 1 heterocycles. The van der Waals surface area contributed by atoms with Crippen molar-refractivity contribution in [2.24, 2.45) is 16.7 Å². The number of imide groups is 1. The fraction of sp³-hybridized carbons (Fsp3) is 0.591. The fourth-order valence-corrected chi connectivity index (χ4v) is 4.62. The Labute approximate surface area is 165 Å². The van der Waals surface area contributed by atoms with Crippen LogP contribution >= 0.6 is 0 Å². The molecule has 2 bridgehead atoms. The van der Waals surface area contributed by atoms with Crippen molar-refractivity contribution in [3.8, 4) is 0 Å². The van der Waals surface area contributed by atoms with Gasteiger partial charge >= 0.3 is 0 Å². The Kier molecular flexibility index (Phi) is 5.34. The topological polar surface area (TPSA) is 66.5 Å². The highest BCUT2D eigenvalue weighted by molar-refractivity contribution is 6.06. The Morgan fingerprint density at radius 1 is 1.25 bits per heavy atom. The maximum absolute atomic E-state index is 13.0. The van der Waals surface area contributed by atoms with E-state index in [1.54, 1.807) is 12.1 Å². The zero-order valence-electron chi connectivity index (χ0n) is 17.0. The predicted molar refractivity (Wildman–Crippen MR) is 104 cm³/mol. The molecule has 1 aliphatic carbocycles. The van der Waals surface area contributed by atoms with Crippen LogP contribution in [0.2, 0.25) is 0 Å². The van der Waals surface area contributed by atoms with E-state index in [0.29, 0.717) is 25.7 Å². The van der Waals surface area contributed by atoms with Crippen molar-refractivity contribution in [1.82, 2.24) is 10.2 Å². The quantitative estimate of drug-likeness (QED) is 0.762. The first kappa shape index (κ1) is 20.5. The zero-order chi connectivity index (χ0) is 20.7. The lowest BCUT2D eigenvalue weighted by atomic mass is 9.62. The molecule has 1 saturated carbocycles.